The average Bonchev–Trinajstić information content (AvgIpc) is 3.20. The molecule has 150 valence electrons. The van der Waals surface area contributed by atoms with Crippen molar-refractivity contribution in [2.24, 2.45) is 7.05 Å². The Balaban J connectivity index is 1.57. The Kier molecular flexibility index (Phi) is 4.63. The monoisotopic (exact) mass is 401 g/mol. The van der Waals surface area contributed by atoms with Gasteiger partial charge in [-0.3, -0.25) is 0 Å². The Morgan fingerprint density at radius 2 is 1.90 bits per heavy atom. The number of nitrogens with zero attached hydrogens (tertiary/aromatic N) is 4. The lowest BCUT2D eigenvalue weighted by molar-refractivity contribution is 0.274. The maximum atomic E-state index is 14.5. The minimum atomic E-state index is -0.323. The maximum Gasteiger partial charge on any atom is 0.223 e. The molecule has 1 aliphatic heterocycles. The standard InChI is InChI=1S/C23H20FN5O/c1-29-12-11-25-22(29)21-17(15-6-2-4-8-18(15)24)14-26-23(28-21)27-19-10-13-30-20-9-5-3-7-16(19)20/h2-9,11-12,14,19H,10,13H2,1H3,(H,26,27,28)/t19-/m1/s1. The molecule has 1 aliphatic rings. The van der Waals surface area contributed by atoms with Crippen LogP contribution in [0.15, 0.2) is 67.1 Å². The lowest BCUT2D eigenvalue weighted by atomic mass is 10.0. The summed E-state index contributed by atoms with van der Waals surface area (Å²) in [6.07, 6.45) is 5.99. The third-order valence-electron chi connectivity index (χ3n) is 5.25. The first-order valence-corrected chi connectivity index (χ1v) is 9.78. The number of hydrogen-bond donors (Lipinski definition) is 1. The third kappa shape index (κ3) is 3.28. The lowest BCUT2D eigenvalue weighted by Crippen LogP contribution is -2.21. The van der Waals surface area contributed by atoms with Crippen molar-refractivity contribution in [2.75, 3.05) is 11.9 Å². The van der Waals surface area contributed by atoms with E-state index in [2.05, 4.69) is 15.3 Å². The highest BCUT2D eigenvalue weighted by atomic mass is 19.1. The largest absolute Gasteiger partial charge is 0.493 e. The molecule has 2 aromatic carbocycles. The van der Waals surface area contributed by atoms with E-state index < -0.39 is 0 Å². The van der Waals surface area contributed by atoms with E-state index >= 15 is 0 Å². The van der Waals surface area contributed by atoms with Crippen LogP contribution in [0.4, 0.5) is 10.3 Å². The summed E-state index contributed by atoms with van der Waals surface area (Å²) in [6.45, 7) is 0.619. The van der Waals surface area contributed by atoms with Gasteiger partial charge >= 0.3 is 0 Å². The van der Waals surface area contributed by atoms with Crippen molar-refractivity contribution in [1.29, 1.82) is 0 Å². The molecule has 0 fully saturated rings. The molecule has 30 heavy (non-hydrogen) atoms. The van der Waals surface area contributed by atoms with Crippen LogP contribution in [0.2, 0.25) is 0 Å². The predicted octanol–water partition coefficient (Wildman–Crippen LogP) is 4.62. The Morgan fingerprint density at radius 1 is 1.07 bits per heavy atom. The highest BCUT2D eigenvalue weighted by molar-refractivity contribution is 5.78. The van der Waals surface area contributed by atoms with Gasteiger partial charge in [-0.1, -0.05) is 36.4 Å². The van der Waals surface area contributed by atoms with Crippen molar-refractivity contribution in [3.8, 4) is 28.4 Å². The molecule has 0 radical (unpaired) electrons. The number of halogens is 1. The van der Waals surface area contributed by atoms with Crippen LogP contribution in [-0.2, 0) is 7.05 Å². The summed E-state index contributed by atoms with van der Waals surface area (Å²) in [6, 6.07) is 14.6. The van der Waals surface area contributed by atoms with Crippen LogP contribution in [0.5, 0.6) is 5.75 Å². The number of rotatable bonds is 4. The van der Waals surface area contributed by atoms with Gasteiger partial charge in [0.15, 0.2) is 5.82 Å². The van der Waals surface area contributed by atoms with E-state index in [9.17, 15) is 4.39 Å². The first-order valence-electron chi connectivity index (χ1n) is 9.78. The normalized spacial score (nSPS) is 15.3. The number of anilines is 1. The molecule has 0 aliphatic carbocycles. The summed E-state index contributed by atoms with van der Waals surface area (Å²) < 4.78 is 22.1. The number of imidazole rings is 1. The van der Waals surface area contributed by atoms with Gasteiger partial charge < -0.3 is 14.6 Å². The summed E-state index contributed by atoms with van der Waals surface area (Å²) >= 11 is 0. The summed E-state index contributed by atoms with van der Waals surface area (Å²) in [5.41, 5.74) is 2.69. The first-order chi connectivity index (χ1) is 14.7. The fourth-order valence-corrected chi connectivity index (χ4v) is 3.74. The molecule has 1 atom stereocenters. The van der Waals surface area contributed by atoms with Crippen LogP contribution in [0.1, 0.15) is 18.0 Å². The number of hydrogen-bond acceptors (Lipinski definition) is 5. The number of ether oxygens (including phenoxy) is 1. The molecule has 5 rings (SSSR count). The number of benzene rings is 2. The molecule has 0 bridgehead atoms. The molecule has 4 aromatic rings. The molecular weight excluding hydrogens is 381 g/mol. The fraction of sp³-hybridized carbons (Fsp3) is 0.174. The second-order valence-corrected chi connectivity index (χ2v) is 7.17. The van der Waals surface area contributed by atoms with Gasteiger partial charge in [-0.2, -0.15) is 0 Å². The minimum Gasteiger partial charge on any atom is -0.493 e. The molecule has 6 nitrogen and oxygen atoms in total. The van der Waals surface area contributed by atoms with Crippen molar-refractivity contribution in [3.63, 3.8) is 0 Å². The highest BCUT2D eigenvalue weighted by Crippen LogP contribution is 2.35. The zero-order valence-electron chi connectivity index (χ0n) is 16.4. The summed E-state index contributed by atoms with van der Waals surface area (Å²) in [4.78, 5) is 13.7. The van der Waals surface area contributed by atoms with Gasteiger partial charge in [0.1, 0.15) is 17.3 Å². The second kappa shape index (κ2) is 7.59. The molecule has 3 heterocycles. The van der Waals surface area contributed by atoms with E-state index in [1.54, 1.807) is 30.6 Å². The van der Waals surface area contributed by atoms with Gasteiger partial charge in [-0.05, 0) is 12.1 Å². The van der Waals surface area contributed by atoms with Crippen molar-refractivity contribution >= 4 is 5.95 Å². The average molecular weight is 401 g/mol. The van der Waals surface area contributed by atoms with Crippen LogP contribution in [0.25, 0.3) is 22.6 Å². The van der Waals surface area contributed by atoms with Gasteiger partial charge in [-0.25, -0.2) is 19.3 Å². The quantitative estimate of drug-likeness (QED) is 0.541. The Labute approximate surface area is 173 Å². The number of nitrogens with one attached hydrogen (secondary N) is 1. The molecule has 7 heteroatoms. The molecule has 2 aromatic heterocycles. The van der Waals surface area contributed by atoms with E-state index in [1.807, 2.05) is 42.1 Å². The molecular formula is C23H20FN5O. The minimum absolute atomic E-state index is 0.0310. The summed E-state index contributed by atoms with van der Waals surface area (Å²) in [5, 5.41) is 3.42. The van der Waals surface area contributed by atoms with Crippen LogP contribution in [0.3, 0.4) is 0 Å². The van der Waals surface area contributed by atoms with E-state index in [1.165, 1.54) is 6.07 Å². The number of fused-ring (bicyclic) bond motifs is 1. The highest BCUT2D eigenvalue weighted by Gasteiger charge is 2.23. The van der Waals surface area contributed by atoms with Crippen molar-refractivity contribution in [3.05, 3.63) is 78.5 Å². The SMILES string of the molecule is Cn1ccnc1-c1nc(N[C@@H]2CCOc3ccccc32)ncc1-c1ccccc1F. The van der Waals surface area contributed by atoms with E-state index in [0.717, 1.165) is 17.7 Å². The zero-order chi connectivity index (χ0) is 20.5. The number of para-hydroxylation sites is 1. The Bertz CT molecular complexity index is 1210. The van der Waals surface area contributed by atoms with Crippen LogP contribution >= 0.6 is 0 Å². The van der Waals surface area contributed by atoms with Crippen LogP contribution < -0.4 is 10.1 Å². The molecule has 0 spiro atoms. The summed E-state index contributed by atoms with van der Waals surface area (Å²) in [7, 11) is 1.89. The molecule has 0 saturated heterocycles. The Hall–Kier alpha value is -3.74. The van der Waals surface area contributed by atoms with Crippen LogP contribution in [0, 0.1) is 5.82 Å². The third-order valence-corrected chi connectivity index (χ3v) is 5.25. The van der Waals surface area contributed by atoms with Gasteiger partial charge in [0.2, 0.25) is 5.95 Å². The van der Waals surface area contributed by atoms with E-state index in [0.29, 0.717) is 35.2 Å². The molecule has 0 amide bonds. The Morgan fingerprint density at radius 3 is 2.73 bits per heavy atom. The zero-order valence-corrected chi connectivity index (χ0v) is 16.4. The first kappa shape index (κ1) is 18.3. The van der Waals surface area contributed by atoms with Crippen molar-refractivity contribution < 1.29 is 9.13 Å². The van der Waals surface area contributed by atoms with Gasteiger partial charge in [0.05, 0.1) is 12.6 Å². The van der Waals surface area contributed by atoms with Crippen molar-refractivity contribution in [2.45, 2.75) is 12.5 Å². The second-order valence-electron chi connectivity index (χ2n) is 7.17. The van der Waals surface area contributed by atoms with E-state index in [4.69, 9.17) is 9.72 Å². The number of aromatic nitrogens is 4. The van der Waals surface area contributed by atoms with E-state index in [-0.39, 0.29) is 11.9 Å². The lowest BCUT2D eigenvalue weighted by Gasteiger charge is -2.26. The fourth-order valence-electron chi connectivity index (χ4n) is 3.74. The van der Waals surface area contributed by atoms with Gasteiger partial charge in [0.25, 0.3) is 0 Å². The predicted molar refractivity (Wildman–Crippen MR) is 113 cm³/mol. The van der Waals surface area contributed by atoms with Crippen molar-refractivity contribution in [1.82, 2.24) is 19.5 Å². The van der Waals surface area contributed by atoms with Crippen LogP contribution in [-0.4, -0.2) is 26.1 Å². The van der Waals surface area contributed by atoms with Gasteiger partial charge in [0, 0.05) is 48.7 Å². The molecule has 1 N–H and O–H groups in total. The topological polar surface area (TPSA) is 64.9 Å². The van der Waals surface area contributed by atoms with Gasteiger partial charge in [-0.15, -0.1) is 0 Å². The summed E-state index contributed by atoms with van der Waals surface area (Å²) in [5.74, 6) is 1.66. The molecule has 0 saturated carbocycles. The smallest absolute Gasteiger partial charge is 0.223 e. The molecule has 0 unspecified atom stereocenters. The maximum absolute atomic E-state index is 14.5. The number of aryl methyl sites for hydroxylation is 1.